The summed E-state index contributed by atoms with van der Waals surface area (Å²) in [6.45, 7) is 0. The normalized spacial score (nSPS) is 23.8. The number of nitrogens with zero attached hydrogens (tertiary/aromatic N) is 1. The molecule has 2 aliphatic rings. The molecular formula is C22H17NO2. The van der Waals surface area contributed by atoms with Crippen LogP contribution < -0.4 is 0 Å². The van der Waals surface area contributed by atoms with Gasteiger partial charge in [0, 0.05) is 5.56 Å². The fraction of sp³-hybridized carbons (Fsp3) is 0.136. The fourth-order valence-electron chi connectivity index (χ4n) is 4.29. The van der Waals surface area contributed by atoms with Gasteiger partial charge in [0.15, 0.2) is 0 Å². The molecule has 0 bridgehead atoms. The molecular weight excluding hydrogens is 310 g/mol. The molecule has 25 heavy (non-hydrogen) atoms. The van der Waals surface area contributed by atoms with Crippen LogP contribution in [0.1, 0.15) is 50.8 Å². The highest BCUT2D eigenvalue weighted by Gasteiger charge is 2.48. The average molecular weight is 327 g/mol. The molecule has 0 saturated carbocycles. The Kier molecular flexibility index (Phi) is 3.06. The summed E-state index contributed by atoms with van der Waals surface area (Å²) in [4.78, 5) is 15.0. The third-order valence-electron chi connectivity index (χ3n) is 5.35. The van der Waals surface area contributed by atoms with Gasteiger partial charge in [-0.2, -0.15) is 0 Å². The molecule has 0 radical (unpaired) electrons. The average Bonchev–Trinajstić information content (AvgIpc) is 2.96. The summed E-state index contributed by atoms with van der Waals surface area (Å²) >= 11 is 0. The number of hydrogen-bond donors (Lipinski definition) is 1. The predicted octanol–water partition coefficient (Wildman–Crippen LogP) is 4.02. The number of carbonyl (C=O) groups is 1. The lowest BCUT2D eigenvalue weighted by Gasteiger charge is -2.42. The standard InChI is InChI=1S/C22H17NO2/c24-21-17-12-6-4-10-15(17)20-16-11-5-7-13-18(16)22(25)23(20)19(21)14-8-2-1-3-9-14/h1-13,19-21,24H/t19-,20+,21+/m1/s1. The van der Waals surface area contributed by atoms with E-state index in [-0.39, 0.29) is 18.0 Å². The molecule has 1 N–H and O–H groups in total. The van der Waals surface area contributed by atoms with Crippen LogP contribution in [0.25, 0.3) is 0 Å². The minimum absolute atomic E-state index is 0.0111. The van der Waals surface area contributed by atoms with Crippen molar-refractivity contribution in [2.75, 3.05) is 0 Å². The summed E-state index contributed by atoms with van der Waals surface area (Å²) in [5.41, 5.74) is 4.63. The fourth-order valence-corrected chi connectivity index (χ4v) is 4.29. The molecule has 122 valence electrons. The minimum atomic E-state index is -0.742. The molecule has 2 aliphatic heterocycles. The number of aliphatic hydroxyl groups excluding tert-OH is 1. The predicted molar refractivity (Wildman–Crippen MR) is 95.0 cm³/mol. The van der Waals surface area contributed by atoms with Crippen molar-refractivity contribution >= 4 is 5.91 Å². The van der Waals surface area contributed by atoms with Crippen LogP contribution in [0.3, 0.4) is 0 Å². The zero-order valence-electron chi connectivity index (χ0n) is 13.5. The number of aliphatic hydroxyl groups is 1. The topological polar surface area (TPSA) is 40.5 Å². The second-order valence-corrected chi connectivity index (χ2v) is 6.63. The second kappa shape index (κ2) is 5.30. The van der Waals surface area contributed by atoms with E-state index in [1.807, 2.05) is 83.8 Å². The molecule has 0 fully saturated rings. The van der Waals surface area contributed by atoms with Crippen LogP contribution >= 0.6 is 0 Å². The molecule has 3 aromatic carbocycles. The van der Waals surface area contributed by atoms with E-state index >= 15 is 0 Å². The van der Waals surface area contributed by atoms with Crippen LogP contribution in [0.5, 0.6) is 0 Å². The molecule has 0 saturated heterocycles. The summed E-state index contributed by atoms with van der Waals surface area (Å²) in [5, 5.41) is 11.1. The Balaban J connectivity index is 1.79. The number of benzene rings is 3. The molecule has 1 amide bonds. The van der Waals surface area contributed by atoms with Gasteiger partial charge < -0.3 is 10.0 Å². The summed E-state index contributed by atoms with van der Waals surface area (Å²) < 4.78 is 0. The highest BCUT2D eigenvalue weighted by atomic mass is 16.3. The Labute approximate surface area is 146 Å². The van der Waals surface area contributed by atoms with E-state index in [1.165, 1.54) is 0 Å². The van der Waals surface area contributed by atoms with Gasteiger partial charge in [-0.25, -0.2) is 0 Å². The van der Waals surface area contributed by atoms with Crippen LogP contribution in [0.15, 0.2) is 78.9 Å². The van der Waals surface area contributed by atoms with Crippen molar-refractivity contribution in [3.05, 3.63) is 107 Å². The summed E-state index contributed by atoms with van der Waals surface area (Å²) in [6.07, 6.45) is -0.742. The number of carbonyl (C=O) groups excluding carboxylic acids is 1. The molecule has 3 aromatic rings. The molecule has 3 atom stereocenters. The Morgan fingerprint density at radius 2 is 1.32 bits per heavy atom. The highest BCUT2D eigenvalue weighted by Crippen LogP contribution is 2.52. The van der Waals surface area contributed by atoms with Crippen molar-refractivity contribution in [3.8, 4) is 0 Å². The summed E-state index contributed by atoms with van der Waals surface area (Å²) in [6, 6.07) is 25.0. The van der Waals surface area contributed by atoms with Crippen molar-refractivity contribution in [1.29, 1.82) is 0 Å². The largest absolute Gasteiger partial charge is 0.386 e. The lowest BCUT2D eigenvalue weighted by atomic mass is 9.82. The van der Waals surface area contributed by atoms with Crippen molar-refractivity contribution in [2.45, 2.75) is 18.2 Å². The van der Waals surface area contributed by atoms with Gasteiger partial charge in [0.25, 0.3) is 5.91 Å². The van der Waals surface area contributed by atoms with Crippen LogP contribution in [0.2, 0.25) is 0 Å². The van der Waals surface area contributed by atoms with Crippen molar-refractivity contribution in [3.63, 3.8) is 0 Å². The zero-order valence-corrected chi connectivity index (χ0v) is 13.5. The van der Waals surface area contributed by atoms with Crippen molar-refractivity contribution in [2.24, 2.45) is 0 Å². The Hall–Kier alpha value is -2.91. The van der Waals surface area contributed by atoms with Gasteiger partial charge >= 0.3 is 0 Å². The van der Waals surface area contributed by atoms with E-state index < -0.39 is 6.10 Å². The van der Waals surface area contributed by atoms with E-state index in [0.29, 0.717) is 0 Å². The quantitative estimate of drug-likeness (QED) is 0.733. The Morgan fingerprint density at radius 3 is 2.08 bits per heavy atom. The first-order valence-electron chi connectivity index (χ1n) is 8.51. The van der Waals surface area contributed by atoms with E-state index in [2.05, 4.69) is 0 Å². The number of rotatable bonds is 1. The molecule has 2 heterocycles. The minimum Gasteiger partial charge on any atom is -0.386 e. The Bertz CT molecular complexity index is 967. The van der Waals surface area contributed by atoms with Crippen LogP contribution in [0, 0.1) is 0 Å². The smallest absolute Gasteiger partial charge is 0.255 e. The van der Waals surface area contributed by atoms with Gasteiger partial charge in [-0.05, 0) is 28.3 Å². The summed E-state index contributed by atoms with van der Waals surface area (Å²) in [5.74, 6) is -0.0111. The van der Waals surface area contributed by atoms with Crippen LogP contribution in [-0.2, 0) is 0 Å². The van der Waals surface area contributed by atoms with Crippen LogP contribution in [0.4, 0.5) is 0 Å². The number of fused-ring (bicyclic) bond motifs is 5. The van der Waals surface area contributed by atoms with Gasteiger partial charge in [-0.3, -0.25) is 4.79 Å². The maximum Gasteiger partial charge on any atom is 0.255 e. The molecule has 0 aliphatic carbocycles. The highest BCUT2D eigenvalue weighted by molar-refractivity contribution is 6.00. The van der Waals surface area contributed by atoms with Gasteiger partial charge in [-0.15, -0.1) is 0 Å². The lowest BCUT2D eigenvalue weighted by molar-refractivity contribution is 0.0186. The first kappa shape index (κ1) is 14.4. The van der Waals surface area contributed by atoms with Crippen LogP contribution in [-0.4, -0.2) is 15.9 Å². The Morgan fingerprint density at radius 1 is 0.720 bits per heavy atom. The van der Waals surface area contributed by atoms with Crippen molar-refractivity contribution in [1.82, 2.24) is 4.90 Å². The first-order chi connectivity index (χ1) is 12.3. The zero-order chi connectivity index (χ0) is 17.0. The molecule has 0 aromatic heterocycles. The van der Waals surface area contributed by atoms with E-state index in [9.17, 15) is 9.90 Å². The molecule has 3 heteroatoms. The number of hydrogen-bond acceptors (Lipinski definition) is 2. The maximum atomic E-state index is 13.2. The molecule has 0 spiro atoms. The molecule has 0 unspecified atom stereocenters. The van der Waals surface area contributed by atoms with Gasteiger partial charge in [-0.1, -0.05) is 72.8 Å². The van der Waals surface area contributed by atoms with E-state index in [1.54, 1.807) is 0 Å². The van der Waals surface area contributed by atoms with Gasteiger partial charge in [0.1, 0.15) is 6.10 Å². The lowest BCUT2D eigenvalue weighted by Crippen LogP contribution is -2.40. The van der Waals surface area contributed by atoms with E-state index in [4.69, 9.17) is 0 Å². The van der Waals surface area contributed by atoms with Gasteiger partial charge in [0.05, 0.1) is 12.1 Å². The summed E-state index contributed by atoms with van der Waals surface area (Å²) in [7, 11) is 0. The monoisotopic (exact) mass is 327 g/mol. The third-order valence-corrected chi connectivity index (χ3v) is 5.35. The van der Waals surface area contributed by atoms with Gasteiger partial charge in [0.2, 0.25) is 0 Å². The SMILES string of the molecule is O=C1c2ccccc2[C@@H]2c3ccccc3[C@H](O)[C@@H](c3ccccc3)N12. The van der Waals surface area contributed by atoms with E-state index in [0.717, 1.165) is 27.8 Å². The van der Waals surface area contributed by atoms with Crippen molar-refractivity contribution < 1.29 is 9.90 Å². The second-order valence-electron chi connectivity index (χ2n) is 6.63. The third kappa shape index (κ3) is 1.93. The number of amides is 1. The molecule has 5 rings (SSSR count). The first-order valence-corrected chi connectivity index (χ1v) is 8.51. The molecule has 3 nitrogen and oxygen atoms in total. The maximum absolute atomic E-state index is 13.2.